The van der Waals surface area contributed by atoms with Crippen LogP contribution in [0.1, 0.15) is 48.9 Å². The van der Waals surface area contributed by atoms with Crippen LogP contribution in [0.15, 0.2) is 12.1 Å². The molecule has 6 nitrogen and oxygen atoms in total. The summed E-state index contributed by atoms with van der Waals surface area (Å²) in [4.78, 5) is 15.8. The smallest absolute Gasteiger partial charge is 0.267 e. The number of amides is 1. The predicted octanol–water partition coefficient (Wildman–Crippen LogP) is 3.30. The van der Waals surface area contributed by atoms with Crippen molar-refractivity contribution in [3.63, 3.8) is 0 Å². The summed E-state index contributed by atoms with van der Waals surface area (Å²) >= 11 is 5.95. The van der Waals surface area contributed by atoms with Gasteiger partial charge in [-0.1, -0.05) is 11.6 Å². The van der Waals surface area contributed by atoms with E-state index in [2.05, 4.69) is 4.98 Å². The number of sulfonamides is 1. The molecule has 4 aliphatic carbocycles. The molecule has 0 unspecified atom stereocenters. The minimum atomic E-state index is -3.78. The van der Waals surface area contributed by atoms with Gasteiger partial charge in [0.05, 0.1) is 18.4 Å². The third kappa shape index (κ3) is 4.05. The molecule has 4 aliphatic rings. The summed E-state index contributed by atoms with van der Waals surface area (Å²) in [6.07, 6.45) is 0.0762. The second-order valence-electron chi connectivity index (χ2n) is 8.99. The maximum Gasteiger partial charge on any atom is 0.267 e. The summed E-state index contributed by atoms with van der Waals surface area (Å²) in [6, 6.07) is 2.53. The van der Waals surface area contributed by atoms with Gasteiger partial charge < -0.3 is 4.74 Å². The molecule has 0 saturated heterocycles. The molecule has 1 amide bonds. The zero-order valence-corrected chi connectivity index (χ0v) is 17.2. The van der Waals surface area contributed by atoms with Crippen molar-refractivity contribution >= 4 is 27.5 Å². The largest absolute Gasteiger partial charge is 0.477 e. The number of nitrogens with zero attached hydrogens (tertiary/aromatic N) is 1. The summed E-state index contributed by atoms with van der Waals surface area (Å²) in [5, 5.41) is -0.292. The Morgan fingerprint density at radius 3 is 2.07 bits per heavy atom. The van der Waals surface area contributed by atoms with Crippen LogP contribution in [0.5, 0.6) is 5.88 Å². The summed E-state index contributed by atoms with van der Waals surface area (Å²) in [5.74, 6) is -0.953. The molecule has 29 heavy (non-hydrogen) atoms. The molecular formula is C18H20ClF3N2O4S. The normalized spacial score (nSPS) is 38.1. The minimum Gasteiger partial charge on any atom is -0.477 e. The fraction of sp³-hybridized carbons (Fsp3) is 0.667. The lowest BCUT2D eigenvalue weighted by Crippen LogP contribution is -2.66. The number of rotatable bonds is 5. The molecule has 4 bridgehead atoms. The fourth-order valence-corrected chi connectivity index (χ4v) is 6.42. The monoisotopic (exact) mass is 452 g/mol. The predicted molar refractivity (Wildman–Crippen MR) is 98.7 cm³/mol. The molecular weight excluding hydrogens is 433 g/mol. The number of hydrogen-bond donors (Lipinski definition) is 1. The quantitative estimate of drug-likeness (QED) is 0.693. The van der Waals surface area contributed by atoms with E-state index in [0.717, 1.165) is 6.26 Å². The number of carbonyl (C=O) groups excluding carboxylic acids is 1. The van der Waals surface area contributed by atoms with E-state index in [1.807, 2.05) is 0 Å². The van der Waals surface area contributed by atoms with Gasteiger partial charge >= 0.3 is 0 Å². The van der Waals surface area contributed by atoms with E-state index in [1.54, 1.807) is 4.72 Å². The Balaban J connectivity index is 1.50. The molecule has 0 aromatic carbocycles. The summed E-state index contributed by atoms with van der Waals surface area (Å²) in [5.41, 5.74) is -6.78. The Morgan fingerprint density at radius 1 is 1.10 bits per heavy atom. The highest BCUT2D eigenvalue weighted by molar-refractivity contribution is 7.89. The van der Waals surface area contributed by atoms with Gasteiger partial charge in [0.15, 0.2) is 0 Å². The first kappa shape index (κ1) is 20.7. The van der Waals surface area contributed by atoms with E-state index in [9.17, 15) is 13.2 Å². The van der Waals surface area contributed by atoms with Crippen LogP contribution in [0.25, 0.3) is 0 Å². The SMILES string of the molecule is CS(=O)(=O)NC(=O)c1ccc(OCC23CC4(F)CC(F)(CC(F)(C4)C2)C3)nc1Cl. The van der Waals surface area contributed by atoms with Gasteiger partial charge in [-0.3, -0.25) is 4.79 Å². The van der Waals surface area contributed by atoms with Crippen LogP contribution in [0.4, 0.5) is 13.2 Å². The van der Waals surface area contributed by atoms with Gasteiger partial charge in [-0.2, -0.15) is 0 Å². The van der Waals surface area contributed by atoms with Crippen LogP contribution in [0, 0.1) is 5.41 Å². The van der Waals surface area contributed by atoms with Crippen molar-refractivity contribution in [3.8, 4) is 5.88 Å². The number of nitrogens with one attached hydrogen (secondary N) is 1. The van der Waals surface area contributed by atoms with Crippen molar-refractivity contribution in [1.82, 2.24) is 9.71 Å². The Hall–Kier alpha value is -1.55. The van der Waals surface area contributed by atoms with Crippen LogP contribution in [0.2, 0.25) is 5.15 Å². The number of ether oxygens (including phenoxy) is 1. The highest BCUT2D eigenvalue weighted by Gasteiger charge is 2.70. The van der Waals surface area contributed by atoms with E-state index >= 15 is 13.2 Å². The molecule has 11 heteroatoms. The van der Waals surface area contributed by atoms with Gasteiger partial charge in [-0.15, -0.1) is 0 Å². The zero-order valence-electron chi connectivity index (χ0n) is 15.6. The average molecular weight is 453 g/mol. The molecule has 4 fully saturated rings. The standard InChI is InChI=1S/C18H20ClF3N2O4S/c1-29(26,27)24-14(25)11-2-3-12(23-13(11)19)28-10-15-4-16(20)7-17(21,5-15)9-18(22,6-15)8-16/h2-3H,4-10H2,1H3,(H,24,25). The third-order valence-corrected chi connectivity index (χ3v) is 6.69. The lowest BCUT2D eigenvalue weighted by molar-refractivity contribution is -0.223. The molecule has 1 aromatic heterocycles. The van der Waals surface area contributed by atoms with Gasteiger partial charge in [0.25, 0.3) is 5.91 Å². The second kappa shape index (κ2) is 6.23. The molecule has 1 N–H and O–H groups in total. The third-order valence-electron chi connectivity index (χ3n) is 5.85. The molecule has 0 aliphatic heterocycles. The zero-order chi connectivity index (χ0) is 21.3. The highest BCUT2D eigenvalue weighted by atomic mass is 35.5. The molecule has 160 valence electrons. The number of aromatic nitrogens is 1. The maximum absolute atomic E-state index is 15.0. The number of pyridine rings is 1. The molecule has 0 spiro atoms. The number of alkyl halides is 3. The van der Waals surface area contributed by atoms with Crippen LogP contribution < -0.4 is 9.46 Å². The fourth-order valence-electron chi connectivity index (χ4n) is 5.74. The average Bonchev–Trinajstić information content (AvgIpc) is 2.46. The highest BCUT2D eigenvalue weighted by Crippen LogP contribution is 2.68. The van der Waals surface area contributed by atoms with E-state index in [1.165, 1.54) is 12.1 Å². The van der Waals surface area contributed by atoms with E-state index in [0.29, 0.717) is 0 Å². The minimum absolute atomic E-state index is 0.00428. The number of halogens is 4. The van der Waals surface area contributed by atoms with Gasteiger partial charge in [0.2, 0.25) is 15.9 Å². The van der Waals surface area contributed by atoms with Crippen molar-refractivity contribution in [2.24, 2.45) is 5.41 Å². The summed E-state index contributed by atoms with van der Waals surface area (Å²) in [7, 11) is -3.78. The lowest BCUT2D eigenvalue weighted by Gasteiger charge is -2.62. The van der Waals surface area contributed by atoms with Crippen molar-refractivity contribution in [1.29, 1.82) is 0 Å². The summed E-state index contributed by atoms with van der Waals surface area (Å²) in [6.45, 7) is -0.131. The Morgan fingerprint density at radius 2 is 1.62 bits per heavy atom. The molecule has 1 heterocycles. The molecule has 4 saturated carbocycles. The van der Waals surface area contributed by atoms with Crippen LogP contribution >= 0.6 is 11.6 Å². The molecule has 0 atom stereocenters. The van der Waals surface area contributed by atoms with Crippen molar-refractivity contribution in [2.75, 3.05) is 12.9 Å². The van der Waals surface area contributed by atoms with E-state index < -0.39 is 38.4 Å². The Labute approximate surface area is 171 Å². The van der Waals surface area contributed by atoms with Crippen LogP contribution in [-0.4, -0.2) is 49.2 Å². The Kier molecular flexibility index (Phi) is 4.45. The molecule has 5 rings (SSSR count). The summed E-state index contributed by atoms with van der Waals surface area (Å²) < 4.78 is 74.8. The van der Waals surface area contributed by atoms with E-state index in [4.69, 9.17) is 16.3 Å². The topological polar surface area (TPSA) is 85.4 Å². The van der Waals surface area contributed by atoms with Gasteiger partial charge in [0.1, 0.15) is 22.2 Å². The molecule has 0 radical (unpaired) electrons. The Bertz CT molecular complexity index is 936. The van der Waals surface area contributed by atoms with Crippen LogP contribution in [0.3, 0.4) is 0 Å². The van der Waals surface area contributed by atoms with Gasteiger partial charge in [-0.05, 0) is 25.3 Å². The van der Waals surface area contributed by atoms with Crippen molar-refractivity contribution in [3.05, 3.63) is 22.8 Å². The first-order valence-electron chi connectivity index (χ1n) is 9.10. The van der Waals surface area contributed by atoms with Crippen molar-refractivity contribution in [2.45, 2.75) is 55.5 Å². The van der Waals surface area contributed by atoms with Crippen LogP contribution in [-0.2, 0) is 10.0 Å². The van der Waals surface area contributed by atoms with Gasteiger partial charge in [-0.25, -0.2) is 31.3 Å². The molecule has 1 aromatic rings. The first-order chi connectivity index (χ1) is 13.2. The van der Waals surface area contributed by atoms with Crippen molar-refractivity contribution < 1.29 is 31.1 Å². The maximum atomic E-state index is 15.0. The lowest BCUT2D eigenvalue weighted by atomic mass is 9.46. The van der Waals surface area contributed by atoms with E-state index in [-0.39, 0.29) is 61.7 Å². The first-order valence-corrected chi connectivity index (χ1v) is 11.4. The number of carbonyl (C=O) groups is 1. The number of hydrogen-bond acceptors (Lipinski definition) is 5. The van der Waals surface area contributed by atoms with Gasteiger partial charge in [0, 0.05) is 30.7 Å². The second-order valence-corrected chi connectivity index (χ2v) is 11.1.